The number of rotatable bonds is 11. The molecule has 0 aromatic carbocycles. The molecule has 0 radical (unpaired) electrons. The number of fused-ring (bicyclic) bond motifs is 1. The molecule has 0 aliphatic carbocycles. The van der Waals surface area contributed by atoms with Crippen LogP contribution in [0, 0.1) is 5.41 Å². The van der Waals surface area contributed by atoms with Crippen molar-refractivity contribution in [2.24, 2.45) is 5.41 Å². The van der Waals surface area contributed by atoms with Crippen LogP contribution in [-0.4, -0.2) is 51.3 Å². The van der Waals surface area contributed by atoms with Crippen LogP contribution in [0.25, 0.3) is 10.9 Å². The molecule has 0 spiro atoms. The van der Waals surface area contributed by atoms with Gasteiger partial charge in [-0.15, -0.1) is 19.7 Å². The van der Waals surface area contributed by atoms with Crippen LogP contribution in [-0.2, 0) is 16.1 Å². The lowest BCUT2D eigenvalue weighted by atomic mass is 9.70. The lowest BCUT2D eigenvalue weighted by molar-refractivity contribution is -0.140. The summed E-state index contributed by atoms with van der Waals surface area (Å²) in [5.41, 5.74) is -5.87. The van der Waals surface area contributed by atoms with Crippen LogP contribution in [0.15, 0.2) is 64.6 Å². The van der Waals surface area contributed by atoms with E-state index >= 15 is 0 Å². The molecular weight excluding hydrogens is 445 g/mol. The summed E-state index contributed by atoms with van der Waals surface area (Å²) in [6.07, 6.45) is -4.64. The molecule has 2 aromatic heterocycles. The first-order chi connectivity index (χ1) is 15.5. The molecular formula is C21H21F3N4O5. The second-order valence-electron chi connectivity index (χ2n) is 6.99. The molecule has 1 amide bonds. The van der Waals surface area contributed by atoms with Gasteiger partial charge in [-0.3, -0.25) is 24.2 Å². The molecule has 0 saturated heterocycles. The number of allylic oxidation sites excluding steroid dienone is 3. The van der Waals surface area contributed by atoms with Gasteiger partial charge in [0.15, 0.2) is 5.78 Å². The van der Waals surface area contributed by atoms with Gasteiger partial charge in [0, 0.05) is 6.20 Å². The van der Waals surface area contributed by atoms with Crippen molar-refractivity contribution in [1.29, 1.82) is 0 Å². The van der Waals surface area contributed by atoms with Crippen LogP contribution < -0.4 is 22.1 Å². The third kappa shape index (κ3) is 4.64. The van der Waals surface area contributed by atoms with Gasteiger partial charge in [-0.05, 0) is 6.07 Å². The summed E-state index contributed by atoms with van der Waals surface area (Å²) in [4.78, 5) is 64.7. The van der Waals surface area contributed by atoms with Crippen molar-refractivity contribution in [3.05, 3.63) is 81.4 Å². The van der Waals surface area contributed by atoms with Gasteiger partial charge in [0.05, 0.1) is 11.9 Å². The van der Waals surface area contributed by atoms with E-state index in [4.69, 9.17) is 0 Å². The molecule has 2 heterocycles. The highest BCUT2D eigenvalue weighted by Gasteiger charge is 2.56. The van der Waals surface area contributed by atoms with Gasteiger partial charge >= 0.3 is 5.69 Å². The van der Waals surface area contributed by atoms with Gasteiger partial charge in [-0.25, -0.2) is 18.0 Å². The maximum atomic E-state index is 14.6. The number of aromatic nitrogens is 3. The number of hydrogen-bond donors (Lipinski definition) is 3. The lowest BCUT2D eigenvalue weighted by Crippen LogP contribution is -2.56. The molecule has 0 fully saturated rings. The average Bonchev–Trinajstić information content (AvgIpc) is 2.79. The summed E-state index contributed by atoms with van der Waals surface area (Å²) in [5, 5.41) is 1.96. The second-order valence-corrected chi connectivity index (χ2v) is 6.99. The van der Waals surface area contributed by atoms with Gasteiger partial charge in [-0.2, -0.15) is 0 Å². The molecule has 2 aromatic rings. The van der Waals surface area contributed by atoms with Gasteiger partial charge in [0.1, 0.15) is 36.0 Å². The topological polar surface area (TPSA) is 134 Å². The summed E-state index contributed by atoms with van der Waals surface area (Å²) in [5.74, 6) is -2.27. The minimum absolute atomic E-state index is 0.119. The summed E-state index contributed by atoms with van der Waals surface area (Å²) >= 11 is 0. The molecule has 3 unspecified atom stereocenters. The number of aromatic amines is 2. The average molecular weight is 466 g/mol. The van der Waals surface area contributed by atoms with Gasteiger partial charge < -0.3 is 14.9 Å². The summed E-state index contributed by atoms with van der Waals surface area (Å²) in [7, 11) is 0. The first-order valence-electron chi connectivity index (χ1n) is 9.50. The zero-order valence-electron chi connectivity index (χ0n) is 17.3. The van der Waals surface area contributed by atoms with Crippen molar-refractivity contribution in [2.75, 3.05) is 6.54 Å². The lowest BCUT2D eigenvalue weighted by Gasteiger charge is -2.37. The van der Waals surface area contributed by atoms with Crippen molar-refractivity contribution in [3.8, 4) is 0 Å². The molecule has 0 aliphatic heterocycles. The zero-order valence-corrected chi connectivity index (χ0v) is 17.3. The van der Waals surface area contributed by atoms with Crippen molar-refractivity contribution in [3.63, 3.8) is 0 Å². The molecule has 9 nitrogen and oxygen atoms in total. The minimum atomic E-state index is -2.90. The number of Topliss-reactive ketones (excluding diaryl/α,β-unsaturated/α-hetero) is 1. The molecule has 176 valence electrons. The highest BCUT2D eigenvalue weighted by molar-refractivity contribution is 5.92. The Morgan fingerprint density at radius 2 is 1.58 bits per heavy atom. The maximum Gasteiger partial charge on any atom is 0.326 e. The van der Waals surface area contributed by atoms with Crippen LogP contribution in [0.4, 0.5) is 13.2 Å². The number of halogens is 3. The van der Waals surface area contributed by atoms with E-state index in [9.17, 15) is 37.1 Å². The van der Waals surface area contributed by atoms with E-state index in [-0.39, 0.29) is 10.9 Å². The summed E-state index contributed by atoms with van der Waals surface area (Å²) < 4.78 is 44.6. The third-order valence-electron chi connectivity index (χ3n) is 5.11. The monoisotopic (exact) mass is 466 g/mol. The Bertz CT molecular complexity index is 1240. The molecule has 33 heavy (non-hydrogen) atoms. The van der Waals surface area contributed by atoms with Crippen LogP contribution in [0.2, 0.25) is 0 Å². The van der Waals surface area contributed by atoms with E-state index in [1.54, 1.807) is 0 Å². The summed E-state index contributed by atoms with van der Waals surface area (Å²) in [6, 6.07) is 1.18. The second kappa shape index (κ2) is 10.1. The standard InChI is InChI=1S/C21H21F3N4O5/c1-4-12(22)21(13(23)5-2,14(24)6-3)15(29)9-25-16(30)10-28-8-7-11-17(19(28)32)26-20(33)27-18(11)31/h4-8,12-14H,1-3,9-10H2,(H,25,30)(H2,26,27,31,33). The largest absolute Gasteiger partial charge is 0.347 e. The van der Waals surface area contributed by atoms with Crippen LogP contribution in [0.5, 0.6) is 0 Å². The van der Waals surface area contributed by atoms with Crippen molar-refractivity contribution < 1.29 is 22.8 Å². The fraction of sp³-hybridized carbons (Fsp3) is 0.286. The number of ketones is 1. The number of nitrogens with zero attached hydrogens (tertiary/aromatic N) is 1. The Morgan fingerprint density at radius 3 is 2.09 bits per heavy atom. The Kier molecular flexibility index (Phi) is 7.75. The van der Waals surface area contributed by atoms with Gasteiger partial charge in [0.25, 0.3) is 11.1 Å². The molecule has 3 N–H and O–H groups in total. The van der Waals surface area contributed by atoms with Crippen molar-refractivity contribution in [1.82, 2.24) is 19.9 Å². The molecule has 0 bridgehead atoms. The number of carbonyl (C=O) groups is 2. The molecule has 0 aliphatic rings. The number of nitrogens with one attached hydrogen (secondary N) is 3. The Balaban J connectivity index is 2.29. The first-order valence-corrected chi connectivity index (χ1v) is 9.50. The number of hydrogen-bond acceptors (Lipinski definition) is 5. The van der Waals surface area contributed by atoms with Crippen molar-refractivity contribution >= 4 is 22.6 Å². The number of carbonyl (C=O) groups excluding carboxylic acids is 2. The Morgan fingerprint density at radius 1 is 1.03 bits per heavy atom. The van der Waals surface area contributed by atoms with Crippen LogP contribution >= 0.6 is 0 Å². The zero-order chi connectivity index (χ0) is 24.9. The first kappa shape index (κ1) is 25.3. The predicted octanol–water partition coefficient (Wildman–Crippen LogP) is 0.622. The van der Waals surface area contributed by atoms with Crippen LogP contribution in [0.3, 0.4) is 0 Å². The fourth-order valence-corrected chi connectivity index (χ4v) is 3.37. The minimum Gasteiger partial charge on any atom is -0.347 e. The Labute approximate surface area is 184 Å². The van der Waals surface area contributed by atoms with Gasteiger partial charge in [0.2, 0.25) is 5.91 Å². The maximum absolute atomic E-state index is 14.6. The number of amides is 1. The molecule has 12 heteroatoms. The van der Waals surface area contributed by atoms with Crippen LogP contribution in [0.1, 0.15) is 0 Å². The number of H-pyrrole nitrogens is 2. The highest BCUT2D eigenvalue weighted by Crippen LogP contribution is 2.40. The predicted molar refractivity (Wildman–Crippen MR) is 115 cm³/mol. The Hall–Kier alpha value is -3.96. The normalized spacial score (nSPS) is 15.6. The van der Waals surface area contributed by atoms with E-state index in [2.05, 4.69) is 30.0 Å². The highest BCUT2D eigenvalue weighted by atomic mass is 19.2. The van der Waals surface area contributed by atoms with E-state index in [0.717, 1.165) is 10.8 Å². The molecule has 3 atom stereocenters. The van der Waals surface area contributed by atoms with Crippen molar-refractivity contribution in [2.45, 2.75) is 25.1 Å². The SMILES string of the molecule is C=CC(F)C(C(=O)CNC(=O)Cn1ccc2c(=O)[nH]c(=O)[nH]c2c1=O)(C(F)C=C)C(F)C=C. The van der Waals surface area contributed by atoms with E-state index < -0.39 is 65.5 Å². The van der Waals surface area contributed by atoms with E-state index in [1.807, 2.05) is 4.98 Å². The van der Waals surface area contributed by atoms with Gasteiger partial charge in [-0.1, -0.05) is 18.2 Å². The summed E-state index contributed by atoms with van der Waals surface area (Å²) in [6.45, 7) is 7.76. The quantitative estimate of drug-likeness (QED) is 0.418. The van der Waals surface area contributed by atoms with E-state index in [1.165, 1.54) is 6.07 Å². The number of alkyl halides is 3. The smallest absolute Gasteiger partial charge is 0.326 e. The molecule has 2 rings (SSSR count). The number of pyridine rings is 1. The molecule has 0 saturated carbocycles. The fourth-order valence-electron chi connectivity index (χ4n) is 3.37. The van der Waals surface area contributed by atoms with E-state index in [0.29, 0.717) is 18.2 Å². The third-order valence-corrected chi connectivity index (χ3v) is 5.11.